The standard InChI is InChI=1S/C12H18N4O3S/c1-10(2)8-16-5-4-13-12(16)7-14-20(17,18)9-11-3-6-19-15-11/h3-6,10,14H,7-9H2,1-2H3. The molecule has 0 aliphatic heterocycles. The van der Waals surface area contributed by atoms with E-state index in [1.165, 1.54) is 12.3 Å². The first kappa shape index (κ1) is 14.7. The molecule has 8 heteroatoms. The molecule has 0 saturated heterocycles. The summed E-state index contributed by atoms with van der Waals surface area (Å²) in [6.07, 6.45) is 4.87. The summed E-state index contributed by atoms with van der Waals surface area (Å²) in [6.45, 7) is 5.16. The Morgan fingerprint density at radius 2 is 2.25 bits per heavy atom. The molecule has 0 aromatic carbocycles. The normalized spacial score (nSPS) is 12.2. The lowest BCUT2D eigenvalue weighted by atomic mass is 10.2. The number of aromatic nitrogens is 3. The predicted molar refractivity (Wildman–Crippen MR) is 73.0 cm³/mol. The molecule has 2 heterocycles. The first-order chi connectivity index (χ1) is 9.46. The maximum Gasteiger partial charge on any atom is 0.217 e. The summed E-state index contributed by atoms with van der Waals surface area (Å²) < 4.78 is 32.9. The van der Waals surface area contributed by atoms with E-state index in [4.69, 9.17) is 0 Å². The van der Waals surface area contributed by atoms with Crippen LogP contribution < -0.4 is 4.72 Å². The van der Waals surface area contributed by atoms with E-state index in [9.17, 15) is 8.42 Å². The lowest BCUT2D eigenvalue weighted by molar-refractivity contribution is 0.413. The van der Waals surface area contributed by atoms with Gasteiger partial charge in [0.15, 0.2) is 0 Å². The molecule has 0 amide bonds. The zero-order valence-corrected chi connectivity index (χ0v) is 12.3. The minimum Gasteiger partial charge on any atom is -0.364 e. The highest BCUT2D eigenvalue weighted by atomic mass is 32.2. The van der Waals surface area contributed by atoms with Gasteiger partial charge in [-0.25, -0.2) is 18.1 Å². The van der Waals surface area contributed by atoms with Crippen molar-refractivity contribution in [1.29, 1.82) is 0 Å². The maximum absolute atomic E-state index is 11.9. The fourth-order valence-electron chi connectivity index (χ4n) is 1.80. The maximum atomic E-state index is 11.9. The van der Waals surface area contributed by atoms with Crippen molar-refractivity contribution >= 4 is 10.0 Å². The second-order valence-corrected chi connectivity index (χ2v) is 6.77. The third-order valence-corrected chi connectivity index (χ3v) is 3.90. The Kier molecular flexibility index (Phi) is 4.56. The summed E-state index contributed by atoms with van der Waals surface area (Å²) in [6, 6.07) is 1.53. The monoisotopic (exact) mass is 298 g/mol. The number of hydrogen-bond donors (Lipinski definition) is 1. The van der Waals surface area contributed by atoms with Gasteiger partial charge in [-0.1, -0.05) is 19.0 Å². The SMILES string of the molecule is CC(C)Cn1ccnc1CNS(=O)(=O)Cc1ccon1. The quantitative estimate of drug-likeness (QED) is 0.828. The molecule has 0 unspecified atom stereocenters. The van der Waals surface area contributed by atoms with Crippen molar-refractivity contribution in [2.45, 2.75) is 32.7 Å². The number of nitrogens with one attached hydrogen (secondary N) is 1. The summed E-state index contributed by atoms with van der Waals surface area (Å²) in [5.74, 6) is 0.964. The van der Waals surface area contributed by atoms with E-state index in [0.717, 1.165) is 6.54 Å². The Hall–Kier alpha value is -1.67. The number of rotatable bonds is 7. The molecule has 2 aromatic rings. The molecule has 0 fully saturated rings. The van der Waals surface area contributed by atoms with Gasteiger partial charge < -0.3 is 9.09 Å². The summed E-state index contributed by atoms with van der Waals surface area (Å²) in [7, 11) is -3.45. The molecule has 0 radical (unpaired) electrons. The molecule has 2 aromatic heterocycles. The lowest BCUT2D eigenvalue weighted by Crippen LogP contribution is -2.26. The van der Waals surface area contributed by atoms with Gasteiger partial charge in [0.2, 0.25) is 10.0 Å². The Bertz CT molecular complexity index is 631. The number of nitrogens with zero attached hydrogens (tertiary/aromatic N) is 3. The molecule has 0 aliphatic carbocycles. The van der Waals surface area contributed by atoms with E-state index >= 15 is 0 Å². The van der Waals surface area contributed by atoms with Crippen molar-refractivity contribution in [3.05, 3.63) is 36.2 Å². The van der Waals surface area contributed by atoms with Crippen molar-refractivity contribution < 1.29 is 12.9 Å². The second-order valence-electron chi connectivity index (χ2n) is 4.96. The van der Waals surface area contributed by atoms with Crippen molar-refractivity contribution in [3.8, 4) is 0 Å². The van der Waals surface area contributed by atoms with Crippen LogP contribution in [-0.4, -0.2) is 23.1 Å². The van der Waals surface area contributed by atoms with Gasteiger partial charge in [-0.3, -0.25) is 0 Å². The summed E-state index contributed by atoms with van der Waals surface area (Å²) in [5, 5.41) is 3.59. The van der Waals surface area contributed by atoms with Crippen LogP contribution in [0.1, 0.15) is 25.4 Å². The Labute approximate surface area is 118 Å². The molecular weight excluding hydrogens is 280 g/mol. The Morgan fingerprint density at radius 1 is 1.45 bits per heavy atom. The molecule has 0 spiro atoms. The molecule has 0 aliphatic rings. The molecule has 0 atom stereocenters. The van der Waals surface area contributed by atoms with Crippen molar-refractivity contribution in [3.63, 3.8) is 0 Å². The Morgan fingerprint density at radius 3 is 2.90 bits per heavy atom. The van der Waals surface area contributed by atoms with E-state index in [1.54, 1.807) is 6.20 Å². The van der Waals surface area contributed by atoms with Gasteiger partial charge in [0, 0.05) is 25.0 Å². The van der Waals surface area contributed by atoms with E-state index in [-0.39, 0.29) is 12.3 Å². The van der Waals surface area contributed by atoms with E-state index in [2.05, 4.69) is 33.2 Å². The predicted octanol–water partition coefficient (Wildman–Crippen LogP) is 1.15. The average molecular weight is 298 g/mol. The van der Waals surface area contributed by atoms with Crippen LogP contribution in [-0.2, 0) is 28.9 Å². The molecule has 0 bridgehead atoms. The largest absolute Gasteiger partial charge is 0.364 e. The summed E-state index contributed by atoms with van der Waals surface area (Å²) >= 11 is 0. The molecule has 20 heavy (non-hydrogen) atoms. The van der Waals surface area contributed by atoms with Crippen LogP contribution in [0.4, 0.5) is 0 Å². The first-order valence-corrected chi connectivity index (χ1v) is 7.98. The smallest absolute Gasteiger partial charge is 0.217 e. The lowest BCUT2D eigenvalue weighted by Gasteiger charge is -2.11. The van der Waals surface area contributed by atoms with Crippen molar-refractivity contribution in [2.75, 3.05) is 0 Å². The van der Waals surface area contributed by atoms with Gasteiger partial charge >= 0.3 is 0 Å². The van der Waals surface area contributed by atoms with Crippen LogP contribution in [0.15, 0.2) is 29.2 Å². The van der Waals surface area contributed by atoms with Crippen LogP contribution in [0.5, 0.6) is 0 Å². The van der Waals surface area contributed by atoms with Gasteiger partial charge in [-0.2, -0.15) is 0 Å². The average Bonchev–Trinajstić information content (AvgIpc) is 2.97. The minimum absolute atomic E-state index is 0.167. The highest BCUT2D eigenvalue weighted by Gasteiger charge is 2.15. The second kappa shape index (κ2) is 6.19. The van der Waals surface area contributed by atoms with Crippen molar-refractivity contribution in [2.24, 2.45) is 5.92 Å². The van der Waals surface area contributed by atoms with Gasteiger partial charge in [-0.15, -0.1) is 0 Å². The van der Waals surface area contributed by atoms with Crippen LogP contribution in [0, 0.1) is 5.92 Å². The van der Waals surface area contributed by atoms with E-state index < -0.39 is 10.0 Å². The van der Waals surface area contributed by atoms with Gasteiger partial charge in [0.1, 0.15) is 17.8 Å². The zero-order chi connectivity index (χ0) is 14.6. The fraction of sp³-hybridized carbons (Fsp3) is 0.500. The highest BCUT2D eigenvalue weighted by molar-refractivity contribution is 7.88. The van der Waals surface area contributed by atoms with Crippen LogP contribution >= 0.6 is 0 Å². The highest BCUT2D eigenvalue weighted by Crippen LogP contribution is 2.06. The van der Waals surface area contributed by atoms with E-state index in [1.807, 2.05) is 10.8 Å². The van der Waals surface area contributed by atoms with Gasteiger partial charge in [0.25, 0.3) is 0 Å². The van der Waals surface area contributed by atoms with Crippen LogP contribution in [0.3, 0.4) is 0 Å². The zero-order valence-electron chi connectivity index (χ0n) is 11.5. The third kappa shape index (κ3) is 4.17. The molecule has 1 N–H and O–H groups in total. The number of imidazole rings is 1. The van der Waals surface area contributed by atoms with Crippen LogP contribution in [0.25, 0.3) is 0 Å². The number of sulfonamides is 1. The summed E-state index contributed by atoms with van der Waals surface area (Å²) in [5.41, 5.74) is 0.378. The summed E-state index contributed by atoms with van der Waals surface area (Å²) in [4.78, 5) is 4.17. The van der Waals surface area contributed by atoms with Crippen LogP contribution in [0.2, 0.25) is 0 Å². The van der Waals surface area contributed by atoms with E-state index in [0.29, 0.717) is 17.4 Å². The minimum atomic E-state index is -3.45. The Balaban J connectivity index is 1.96. The third-order valence-electron chi connectivity index (χ3n) is 2.64. The molecular formula is C12H18N4O3S. The van der Waals surface area contributed by atoms with Gasteiger partial charge in [-0.05, 0) is 5.92 Å². The first-order valence-electron chi connectivity index (χ1n) is 6.33. The topological polar surface area (TPSA) is 90.0 Å². The van der Waals surface area contributed by atoms with Crippen molar-refractivity contribution in [1.82, 2.24) is 19.4 Å². The number of hydrogen-bond acceptors (Lipinski definition) is 5. The molecule has 110 valence electrons. The molecule has 2 rings (SSSR count). The molecule has 0 saturated carbocycles. The molecule has 7 nitrogen and oxygen atoms in total. The van der Waals surface area contributed by atoms with Gasteiger partial charge in [0.05, 0.1) is 12.2 Å². The fourth-order valence-corrected chi connectivity index (χ4v) is 2.79.